The van der Waals surface area contributed by atoms with Crippen LogP contribution in [0.15, 0.2) is 0 Å². The Labute approximate surface area is 126 Å². The van der Waals surface area contributed by atoms with Gasteiger partial charge in [-0.2, -0.15) is 0 Å². The number of urea groups is 1. The first-order valence-corrected chi connectivity index (χ1v) is 7.77. The molecule has 1 rings (SSSR count). The number of amides is 2. The summed E-state index contributed by atoms with van der Waals surface area (Å²) in [5, 5.41) is 11.6. The van der Waals surface area contributed by atoms with E-state index < -0.39 is 5.97 Å². The number of rotatable bonds is 7. The Morgan fingerprint density at radius 2 is 1.86 bits per heavy atom. The molecule has 1 fully saturated rings. The quantitative estimate of drug-likeness (QED) is 0.754. The molecule has 1 aliphatic heterocycles. The van der Waals surface area contributed by atoms with Crippen LogP contribution in [0.5, 0.6) is 0 Å². The first kappa shape index (κ1) is 17.8. The van der Waals surface area contributed by atoms with Crippen LogP contribution in [0, 0.1) is 5.92 Å². The number of aliphatic carboxylic acids is 1. The summed E-state index contributed by atoms with van der Waals surface area (Å²) in [5.74, 6) is -0.305. The van der Waals surface area contributed by atoms with E-state index in [0.29, 0.717) is 31.8 Å². The molecule has 21 heavy (non-hydrogen) atoms. The van der Waals surface area contributed by atoms with Crippen LogP contribution in [0.2, 0.25) is 0 Å². The molecule has 0 aromatic heterocycles. The highest BCUT2D eigenvalue weighted by Crippen LogP contribution is 2.14. The molecule has 2 amide bonds. The van der Waals surface area contributed by atoms with Crippen LogP contribution in [0.25, 0.3) is 0 Å². The van der Waals surface area contributed by atoms with Gasteiger partial charge in [-0.25, -0.2) is 9.59 Å². The molecule has 1 aliphatic rings. The van der Waals surface area contributed by atoms with Gasteiger partial charge in [-0.1, -0.05) is 13.8 Å². The number of ether oxygens (including phenoxy) is 1. The van der Waals surface area contributed by atoms with Gasteiger partial charge in [0.1, 0.15) is 6.61 Å². The monoisotopic (exact) mass is 300 g/mol. The van der Waals surface area contributed by atoms with Crippen molar-refractivity contribution in [2.24, 2.45) is 5.92 Å². The molecule has 6 heteroatoms. The van der Waals surface area contributed by atoms with Crippen LogP contribution >= 0.6 is 0 Å². The third-order valence-electron chi connectivity index (χ3n) is 3.72. The van der Waals surface area contributed by atoms with E-state index in [0.717, 1.165) is 12.8 Å². The van der Waals surface area contributed by atoms with Gasteiger partial charge in [0.15, 0.2) is 0 Å². The van der Waals surface area contributed by atoms with Gasteiger partial charge in [-0.15, -0.1) is 0 Å². The molecule has 0 bridgehead atoms. The van der Waals surface area contributed by atoms with Gasteiger partial charge in [0, 0.05) is 19.1 Å². The fourth-order valence-corrected chi connectivity index (χ4v) is 2.37. The lowest BCUT2D eigenvalue weighted by molar-refractivity contribution is -0.145. The summed E-state index contributed by atoms with van der Waals surface area (Å²) >= 11 is 0. The number of carbonyl (C=O) groups is 2. The maximum absolute atomic E-state index is 12.1. The zero-order valence-electron chi connectivity index (χ0n) is 13.3. The van der Waals surface area contributed by atoms with Crippen LogP contribution in [0.3, 0.4) is 0 Å². The third-order valence-corrected chi connectivity index (χ3v) is 3.72. The van der Waals surface area contributed by atoms with E-state index >= 15 is 0 Å². The number of nitrogens with one attached hydrogen (secondary N) is 1. The lowest BCUT2D eigenvalue weighted by Gasteiger charge is -2.32. The molecule has 1 heterocycles. The Hall–Kier alpha value is -1.30. The van der Waals surface area contributed by atoms with Gasteiger partial charge in [-0.05, 0) is 38.5 Å². The maximum Gasteiger partial charge on any atom is 0.329 e. The van der Waals surface area contributed by atoms with Crippen LogP contribution in [-0.4, -0.2) is 53.8 Å². The standard InChI is InChI=1S/C15H28N2O4/c1-11(2)4-5-12(3)16-15(20)17-8-6-13(7-9-17)21-10-14(18)19/h11-13H,4-10H2,1-3H3,(H,16,20)(H,18,19). The number of likely N-dealkylation sites (tertiary alicyclic amines) is 1. The first-order valence-electron chi connectivity index (χ1n) is 7.77. The van der Waals surface area contributed by atoms with Crippen molar-refractivity contribution in [3.63, 3.8) is 0 Å². The van der Waals surface area contributed by atoms with Crippen molar-refractivity contribution in [2.75, 3.05) is 19.7 Å². The SMILES string of the molecule is CC(C)CCC(C)NC(=O)N1CCC(OCC(=O)O)CC1. The molecule has 1 unspecified atom stereocenters. The zero-order chi connectivity index (χ0) is 15.8. The Morgan fingerprint density at radius 1 is 1.24 bits per heavy atom. The number of carboxylic acids is 1. The van der Waals surface area contributed by atoms with Crippen molar-refractivity contribution in [1.29, 1.82) is 0 Å². The summed E-state index contributed by atoms with van der Waals surface area (Å²) in [7, 11) is 0. The summed E-state index contributed by atoms with van der Waals surface area (Å²) < 4.78 is 5.26. The summed E-state index contributed by atoms with van der Waals surface area (Å²) in [6.07, 6.45) is 3.43. The van der Waals surface area contributed by atoms with Gasteiger partial charge < -0.3 is 20.1 Å². The van der Waals surface area contributed by atoms with Crippen molar-refractivity contribution in [2.45, 2.75) is 58.6 Å². The fraction of sp³-hybridized carbons (Fsp3) is 0.867. The molecule has 1 saturated heterocycles. The molecular formula is C15H28N2O4. The van der Waals surface area contributed by atoms with Crippen molar-refractivity contribution >= 4 is 12.0 Å². The Morgan fingerprint density at radius 3 is 2.38 bits per heavy atom. The highest BCUT2D eigenvalue weighted by Gasteiger charge is 2.24. The number of carboxylic acid groups (broad SMARTS) is 1. The Balaban J connectivity index is 2.23. The molecule has 122 valence electrons. The minimum atomic E-state index is -0.950. The number of piperidine rings is 1. The predicted octanol–water partition coefficient (Wildman–Crippen LogP) is 2.09. The van der Waals surface area contributed by atoms with E-state index in [4.69, 9.17) is 9.84 Å². The molecule has 1 atom stereocenters. The van der Waals surface area contributed by atoms with E-state index in [9.17, 15) is 9.59 Å². The Bertz CT molecular complexity index is 339. The normalized spacial score (nSPS) is 17.8. The highest BCUT2D eigenvalue weighted by atomic mass is 16.5. The minimum absolute atomic E-state index is 0.0251. The minimum Gasteiger partial charge on any atom is -0.480 e. The van der Waals surface area contributed by atoms with E-state index in [1.165, 1.54) is 0 Å². The molecule has 0 radical (unpaired) electrons. The molecule has 2 N–H and O–H groups in total. The predicted molar refractivity (Wildman–Crippen MR) is 80.2 cm³/mol. The lowest BCUT2D eigenvalue weighted by atomic mass is 10.0. The number of hydrogen-bond donors (Lipinski definition) is 2. The van der Waals surface area contributed by atoms with Gasteiger partial charge in [0.05, 0.1) is 6.10 Å². The smallest absolute Gasteiger partial charge is 0.329 e. The summed E-state index contributed by atoms with van der Waals surface area (Å²) in [5.41, 5.74) is 0. The molecule has 0 aromatic rings. The molecule has 0 saturated carbocycles. The number of hydrogen-bond acceptors (Lipinski definition) is 3. The van der Waals surface area contributed by atoms with Gasteiger partial charge in [0.2, 0.25) is 0 Å². The average molecular weight is 300 g/mol. The van der Waals surface area contributed by atoms with Crippen molar-refractivity contribution in [1.82, 2.24) is 10.2 Å². The molecule has 0 spiro atoms. The molecular weight excluding hydrogens is 272 g/mol. The van der Waals surface area contributed by atoms with E-state index in [-0.39, 0.29) is 24.8 Å². The highest BCUT2D eigenvalue weighted by molar-refractivity contribution is 5.74. The summed E-state index contributed by atoms with van der Waals surface area (Å²) in [6, 6.07) is 0.156. The molecule has 0 aliphatic carbocycles. The van der Waals surface area contributed by atoms with Crippen LogP contribution < -0.4 is 5.32 Å². The summed E-state index contributed by atoms with van der Waals surface area (Å²) in [6.45, 7) is 7.36. The second kappa shape index (κ2) is 8.87. The van der Waals surface area contributed by atoms with E-state index in [1.54, 1.807) is 4.90 Å². The van der Waals surface area contributed by atoms with Crippen LogP contribution in [0.4, 0.5) is 4.79 Å². The van der Waals surface area contributed by atoms with E-state index in [2.05, 4.69) is 19.2 Å². The molecule has 6 nitrogen and oxygen atoms in total. The van der Waals surface area contributed by atoms with Crippen LogP contribution in [0.1, 0.15) is 46.5 Å². The fourth-order valence-electron chi connectivity index (χ4n) is 2.37. The zero-order valence-corrected chi connectivity index (χ0v) is 13.3. The van der Waals surface area contributed by atoms with Gasteiger partial charge in [0.25, 0.3) is 0 Å². The van der Waals surface area contributed by atoms with Crippen molar-refractivity contribution in [3.8, 4) is 0 Å². The van der Waals surface area contributed by atoms with Crippen LogP contribution in [-0.2, 0) is 9.53 Å². The van der Waals surface area contributed by atoms with Gasteiger partial charge in [-0.3, -0.25) is 0 Å². The Kier molecular flexibility index (Phi) is 7.50. The van der Waals surface area contributed by atoms with E-state index in [1.807, 2.05) is 6.92 Å². The first-order chi connectivity index (χ1) is 9.88. The topological polar surface area (TPSA) is 78.9 Å². The van der Waals surface area contributed by atoms with Gasteiger partial charge >= 0.3 is 12.0 Å². The summed E-state index contributed by atoms with van der Waals surface area (Å²) in [4.78, 5) is 24.3. The largest absolute Gasteiger partial charge is 0.480 e. The number of carbonyl (C=O) groups excluding carboxylic acids is 1. The average Bonchev–Trinajstić information content (AvgIpc) is 2.43. The second-order valence-corrected chi connectivity index (χ2v) is 6.21. The second-order valence-electron chi connectivity index (χ2n) is 6.21. The third kappa shape index (κ3) is 7.32. The lowest BCUT2D eigenvalue weighted by Crippen LogP contribution is -2.48. The van der Waals surface area contributed by atoms with Crippen molar-refractivity contribution < 1.29 is 19.4 Å². The number of nitrogens with zero attached hydrogens (tertiary/aromatic N) is 1. The van der Waals surface area contributed by atoms with Crippen molar-refractivity contribution in [3.05, 3.63) is 0 Å². The maximum atomic E-state index is 12.1. The molecule has 0 aromatic carbocycles.